The van der Waals surface area contributed by atoms with Crippen LogP contribution >= 0.6 is 11.6 Å². The van der Waals surface area contributed by atoms with Crippen molar-refractivity contribution in [1.82, 2.24) is 10.7 Å². The molecule has 0 radical (unpaired) electrons. The summed E-state index contributed by atoms with van der Waals surface area (Å²) in [5, 5.41) is 3.00. The number of carbonyl (C=O) groups is 2. The van der Waals surface area contributed by atoms with Gasteiger partial charge < -0.3 is 5.32 Å². The highest BCUT2D eigenvalue weighted by molar-refractivity contribution is 6.30. The number of aryl methyl sites for hydroxylation is 1. The van der Waals surface area contributed by atoms with Crippen molar-refractivity contribution in [3.63, 3.8) is 0 Å². The van der Waals surface area contributed by atoms with Crippen LogP contribution in [0.15, 0.2) is 18.2 Å². The summed E-state index contributed by atoms with van der Waals surface area (Å²) in [6.45, 7) is 1.61. The van der Waals surface area contributed by atoms with E-state index < -0.39 is 5.91 Å². The zero-order valence-electron chi connectivity index (χ0n) is 8.71. The summed E-state index contributed by atoms with van der Waals surface area (Å²) < 4.78 is 0. The van der Waals surface area contributed by atoms with E-state index in [0.29, 0.717) is 10.6 Å². The number of carbonyl (C=O) groups excluding carboxylic acids is 2. The minimum atomic E-state index is -0.458. The molecule has 0 bridgehead atoms. The molecule has 2 amide bonds. The molecular formula is C10H12ClN3O2. The van der Waals surface area contributed by atoms with Gasteiger partial charge in [-0.1, -0.05) is 11.6 Å². The molecule has 16 heavy (non-hydrogen) atoms. The predicted molar refractivity (Wildman–Crippen MR) is 60.9 cm³/mol. The fourth-order valence-electron chi connectivity index (χ4n) is 1.19. The fraction of sp³-hybridized carbons (Fsp3) is 0.200. The number of amides is 2. The third kappa shape index (κ3) is 3.22. The fourth-order valence-corrected chi connectivity index (χ4v) is 1.42. The molecule has 0 saturated heterocycles. The SMILES string of the molecule is Cc1cc(Cl)ccc1C(=O)NCC(=O)NN. The first-order valence-electron chi connectivity index (χ1n) is 4.58. The van der Waals surface area contributed by atoms with Gasteiger partial charge in [-0.25, -0.2) is 5.84 Å². The summed E-state index contributed by atoms with van der Waals surface area (Å²) in [5.41, 5.74) is 3.15. The average molecular weight is 242 g/mol. The van der Waals surface area contributed by atoms with E-state index in [2.05, 4.69) is 5.32 Å². The van der Waals surface area contributed by atoms with Gasteiger partial charge in [0, 0.05) is 10.6 Å². The highest BCUT2D eigenvalue weighted by atomic mass is 35.5. The van der Waals surface area contributed by atoms with Gasteiger partial charge in [0.1, 0.15) is 0 Å². The molecule has 0 atom stereocenters. The molecule has 0 aliphatic rings. The van der Waals surface area contributed by atoms with E-state index >= 15 is 0 Å². The van der Waals surface area contributed by atoms with Crippen LogP contribution in [-0.2, 0) is 4.79 Å². The van der Waals surface area contributed by atoms with Crippen molar-refractivity contribution in [1.29, 1.82) is 0 Å². The second kappa shape index (κ2) is 5.48. The number of nitrogens with one attached hydrogen (secondary N) is 2. The van der Waals surface area contributed by atoms with Gasteiger partial charge in [-0.2, -0.15) is 0 Å². The summed E-state index contributed by atoms with van der Waals surface area (Å²) in [6, 6.07) is 4.90. The van der Waals surface area contributed by atoms with Crippen molar-refractivity contribution in [3.8, 4) is 0 Å². The number of hydrogen-bond donors (Lipinski definition) is 3. The van der Waals surface area contributed by atoms with Gasteiger partial charge in [0.2, 0.25) is 0 Å². The third-order valence-corrected chi connectivity index (χ3v) is 2.24. The maximum Gasteiger partial charge on any atom is 0.253 e. The Balaban J connectivity index is 2.70. The predicted octanol–water partition coefficient (Wildman–Crippen LogP) is 0.368. The molecule has 0 heterocycles. The molecule has 0 saturated carbocycles. The minimum absolute atomic E-state index is 0.155. The van der Waals surface area contributed by atoms with Crippen molar-refractivity contribution in [2.75, 3.05) is 6.54 Å². The van der Waals surface area contributed by atoms with Gasteiger partial charge in [0.05, 0.1) is 6.54 Å². The van der Waals surface area contributed by atoms with Crippen LogP contribution in [0.5, 0.6) is 0 Å². The largest absolute Gasteiger partial charge is 0.343 e. The Labute approximate surface area is 97.9 Å². The molecule has 0 aliphatic carbocycles. The van der Waals surface area contributed by atoms with Crippen molar-refractivity contribution < 1.29 is 9.59 Å². The second-order valence-electron chi connectivity index (χ2n) is 3.21. The lowest BCUT2D eigenvalue weighted by Gasteiger charge is -2.07. The van der Waals surface area contributed by atoms with E-state index in [0.717, 1.165) is 5.56 Å². The Morgan fingerprint density at radius 2 is 2.12 bits per heavy atom. The number of hydrogen-bond acceptors (Lipinski definition) is 3. The van der Waals surface area contributed by atoms with Gasteiger partial charge in [-0.15, -0.1) is 0 Å². The Bertz CT molecular complexity index is 421. The number of rotatable bonds is 3. The van der Waals surface area contributed by atoms with E-state index in [1.54, 1.807) is 25.1 Å². The summed E-state index contributed by atoms with van der Waals surface area (Å²) >= 11 is 5.76. The van der Waals surface area contributed by atoms with E-state index in [1.165, 1.54) is 0 Å². The van der Waals surface area contributed by atoms with Gasteiger partial charge in [-0.3, -0.25) is 15.0 Å². The van der Waals surface area contributed by atoms with E-state index in [4.69, 9.17) is 17.4 Å². The van der Waals surface area contributed by atoms with Gasteiger partial charge in [0.15, 0.2) is 0 Å². The van der Waals surface area contributed by atoms with E-state index in [9.17, 15) is 9.59 Å². The maximum atomic E-state index is 11.6. The monoisotopic (exact) mass is 241 g/mol. The van der Waals surface area contributed by atoms with E-state index in [1.807, 2.05) is 5.43 Å². The number of halogens is 1. The van der Waals surface area contributed by atoms with Crippen LogP contribution in [0.3, 0.4) is 0 Å². The first-order chi connectivity index (χ1) is 7.54. The molecule has 1 aromatic carbocycles. The zero-order valence-corrected chi connectivity index (χ0v) is 9.47. The highest BCUT2D eigenvalue weighted by Gasteiger charge is 2.09. The normalized spacial score (nSPS) is 9.69. The zero-order chi connectivity index (χ0) is 12.1. The molecule has 1 rings (SSSR count). The Morgan fingerprint density at radius 3 is 2.69 bits per heavy atom. The molecule has 0 aromatic heterocycles. The molecule has 86 valence electrons. The summed E-state index contributed by atoms with van der Waals surface area (Å²) in [4.78, 5) is 22.4. The molecule has 4 N–H and O–H groups in total. The molecule has 0 unspecified atom stereocenters. The molecule has 1 aromatic rings. The number of hydrazine groups is 1. The Kier molecular flexibility index (Phi) is 4.28. The lowest BCUT2D eigenvalue weighted by Crippen LogP contribution is -2.40. The van der Waals surface area contributed by atoms with Crippen LogP contribution in [0.25, 0.3) is 0 Å². The van der Waals surface area contributed by atoms with Crippen molar-refractivity contribution in [2.24, 2.45) is 5.84 Å². The molecule has 6 heteroatoms. The van der Waals surface area contributed by atoms with Gasteiger partial charge >= 0.3 is 0 Å². The molecular weight excluding hydrogens is 230 g/mol. The maximum absolute atomic E-state index is 11.6. The molecule has 0 spiro atoms. The molecule has 0 fully saturated rings. The topological polar surface area (TPSA) is 84.2 Å². The molecule has 0 aliphatic heterocycles. The van der Waals surface area contributed by atoms with Crippen LogP contribution in [-0.4, -0.2) is 18.4 Å². The quantitative estimate of drug-likeness (QED) is 0.406. The molecule has 5 nitrogen and oxygen atoms in total. The van der Waals surface area contributed by atoms with E-state index in [-0.39, 0.29) is 12.5 Å². The van der Waals surface area contributed by atoms with Crippen molar-refractivity contribution >= 4 is 23.4 Å². The first kappa shape index (κ1) is 12.5. The summed E-state index contributed by atoms with van der Waals surface area (Å²) in [5.74, 6) is 4.08. The first-order valence-corrected chi connectivity index (χ1v) is 4.96. The lowest BCUT2D eigenvalue weighted by atomic mass is 10.1. The summed E-state index contributed by atoms with van der Waals surface area (Å²) in [7, 11) is 0. The van der Waals surface area contributed by atoms with Crippen molar-refractivity contribution in [3.05, 3.63) is 34.3 Å². The van der Waals surface area contributed by atoms with Crippen molar-refractivity contribution in [2.45, 2.75) is 6.92 Å². The third-order valence-electron chi connectivity index (χ3n) is 2.00. The number of nitrogens with two attached hydrogens (primary N) is 1. The van der Waals surface area contributed by atoms with Crippen LogP contribution in [0, 0.1) is 6.92 Å². The van der Waals surface area contributed by atoms with Crippen LogP contribution in [0.4, 0.5) is 0 Å². The Hall–Kier alpha value is -1.59. The summed E-state index contributed by atoms with van der Waals surface area (Å²) in [6.07, 6.45) is 0. The van der Waals surface area contributed by atoms with Crippen LogP contribution in [0.1, 0.15) is 15.9 Å². The smallest absolute Gasteiger partial charge is 0.253 e. The average Bonchev–Trinajstić information content (AvgIpc) is 2.25. The van der Waals surface area contributed by atoms with Gasteiger partial charge in [0.25, 0.3) is 11.8 Å². The Morgan fingerprint density at radius 1 is 1.44 bits per heavy atom. The standard InChI is InChI=1S/C10H12ClN3O2/c1-6-4-7(11)2-3-8(6)10(16)13-5-9(15)14-12/h2-4H,5,12H2,1H3,(H,13,16)(H,14,15). The van der Waals surface area contributed by atoms with Crippen LogP contribution in [0.2, 0.25) is 5.02 Å². The highest BCUT2D eigenvalue weighted by Crippen LogP contribution is 2.14. The van der Waals surface area contributed by atoms with Gasteiger partial charge in [-0.05, 0) is 30.7 Å². The second-order valence-corrected chi connectivity index (χ2v) is 3.65. The van der Waals surface area contributed by atoms with Crippen LogP contribution < -0.4 is 16.6 Å². The minimum Gasteiger partial charge on any atom is -0.343 e. The lowest BCUT2D eigenvalue weighted by molar-refractivity contribution is -0.120. The number of benzene rings is 1.